The molecule has 2 amide bonds. The highest BCUT2D eigenvalue weighted by Crippen LogP contribution is 2.19. The molecule has 0 fully saturated rings. The van der Waals surface area contributed by atoms with Crippen LogP contribution in [-0.4, -0.2) is 31.5 Å². The monoisotopic (exact) mass is 377 g/mol. The van der Waals surface area contributed by atoms with E-state index in [9.17, 15) is 9.59 Å². The smallest absolute Gasteiger partial charge is 0.262 e. The molecule has 0 unspecified atom stereocenters. The molecular formula is C19H24ClN3O3. The molecule has 0 aromatic heterocycles. The molecule has 140 valence electrons. The summed E-state index contributed by atoms with van der Waals surface area (Å²) in [5.41, 5.74) is 8.23. The fourth-order valence-electron chi connectivity index (χ4n) is 2.26. The van der Waals surface area contributed by atoms with Crippen LogP contribution in [0.1, 0.15) is 21.5 Å². The van der Waals surface area contributed by atoms with Crippen molar-refractivity contribution in [2.24, 2.45) is 5.73 Å². The van der Waals surface area contributed by atoms with Gasteiger partial charge in [0.15, 0.2) is 6.61 Å². The lowest BCUT2D eigenvalue weighted by atomic mass is 10.1. The van der Waals surface area contributed by atoms with Crippen molar-refractivity contribution in [2.45, 2.75) is 13.8 Å². The molecule has 0 saturated heterocycles. The van der Waals surface area contributed by atoms with Gasteiger partial charge in [0.1, 0.15) is 5.75 Å². The summed E-state index contributed by atoms with van der Waals surface area (Å²) in [5.74, 6) is 0.0564. The van der Waals surface area contributed by atoms with Gasteiger partial charge in [-0.15, -0.1) is 12.4 Å². The van der Waals surface area contributed by atoms with Gasteiger partial charge in [-0.25, -0.2) is 0 Å². The van der Waals surface area contributed by atoms with E-state index >= 15 is 0 Å². The number of nitrogens with one attached hydrogen (secondary N) is 2. The summed E-state index contributed by atoms with van der Waals surface area (Å²) in [6.45, 7) is 4.47. The van der Waals surface area contributed by atoms with Gasteiger partial charge in [-0.2, -0.15) is 0 Å². The number of ether oxygens (including phenoxy) is 1. The van der Waals surface area contributed by atoms with Gasteiger partial charge in [0, 0.05) is 13.1 Å². The Balaban J connectivity index is 0.00000338. The molecule has 2 rings (SSSR count). The maximum atomic E-state index is 12.2. The van der Waals surface area contributed by atoms with Gasteiger partial charge < -0.3 is 21.1 Å². The van der Waals surface area contributed by atoms with Crippen molar-refractivity contribution >= 4 is 29.9 Å². The third kappa shape index (κ3) is 6.06. The van der Waals surface area contributed by atoms with Crippen molar-refractivity contribution < 1.29 is 14.3 Å². The van der Waals surface area contributed by atoms with Crippen LogP contribution in [0, 0.1) is 13.8 Å². The van der Waals surface area contributed by atoms with Gasteiger partial charge >= 0.3 is 0 Å². The highest BCUT2D eigenvalue weighted by Gasteiger charge is 2.13. The largest absolute Gasteiger partial charge is 0.483 e. The van der Waals surface area contributed by atoms with Crippen LogP contribution >= 0.6 is 12.4 Å². The highest BCUT2D eigenvalue weighted by atomic mass is 35.5. The van der Waals surface area contributed by atoms with E-state index in [1.807, 2.05) is 32.0 Å². The van der Waals surface area contributed by atoms with Gasteiger partial charge in [0.2, 0.25) is 0 Å². The summed E-state index contributed by atoms with van der Waals surface area (Å²) >= 11 is 0. The Morgan fingerprint density at radius 3 is 2.58 bits per heavy atom. The minimum Gasteiger partial charge on any atom is -0.483 e. The number of amides is 2. The van der Waals surface area contributed by atoms with E-state index in [4.69, 9.17) is 10.5 Å². The predicted octanol–water partition coefficient (Wildman–Crippen LogP) is 2.43. The standard InChI is InChI=1S/C19H23N3O3.ClH/c1-13-7-8-14(2)17(11-13)25-12-18(23)22-16-6-4-3-5-15(16)19(24)21-10-9-20;/h3-8,11H,9-10,12,20H2,1-2H3,(H,21,24)(H,22,23);1H. The molecule has 0 spiro atoms. The number of anilines is 1. The van der Waals surface area contributed by atoms with Crippen molar-refractivity contribution in [1.29, 1.82) is 0 Å². The summed E-state index contributed by atoms with van der Waals surface area (Å²) in [7, 11) is 0. The number of hydrogen-bond acceptors (Lipinski definition) is 4. The zero-order valence-corrected chi connectivity index (χ0v) is 15.7. The molecule has 0 atom stereocenters. The second-order valence-electron chi connectivity index (χ2n) is 5.70. The molecule has 26 heavy (non-hydrogen) atoms. The van der Waals surface area contributed by atoms with Gasteiger partial charge in [-0.05, 0) is 43.2 Å². The van der Waals surface area contributed by atoms with E-state index in [1.165, 1.54) is 0 Å². The molecule has 0 bridgehead atoms. The SMILES string of the molecule is Cc1ccc(C)c(OCC(=O)Nc2ccccc2C(=O)NCCN)c1.Cl. The molecule has 0 saturated carbocycles. The number of halogens is 1. The third-order valence-electron chi connectivity index (χ3n) is 3.58. The Kier molecular flexibility index (Phi) is 8.61. The van der Waals surface area contributed by atoms with Crippen molar-refractivity contribution in [3.05, 3.63) is 59.2 Å². The van der Waals surface area contributed by atoms with Crippen molar-refractivity contribution in [3.8, 4) is 5.75 Å². The fraction of sp³-hybridized carbons (Fsp3) is 0.263. The molecule has 2 aromatic carbocycles. The first-order chi connectivity index (χ1) is 12.0. The summed E-state index contributed by atoms with van der Waals surface area (Å²) in [5, 5.41) is 5.40. The minimum absolute atomic E-state index is 0. The number of carbonyl (C=O) groups is 2. The van der Waals surface area contributed by atoms with Crippen LogP contribution in [0.25, 0.3) is 0 Å². The second kappa shape index (κ2) is 10.4. The van der Waals surface area contributed by atoms with Crippen LogP contribution in [0.3, 0.4) is 0 Å². The molecular weight excluding hydrogens is 354 g/mol. The Labute approximate surface area is 159 Å². The van der Waals surface area contributed by atoms with Gasteiger partial charge in [0.25, 0.3) is 11.8 Å². The average molecular weight is 378 g/mol. The fourth-order valence-corrected chi connectivity index (χ4v) is 2.26. The predicted molar refractivity (Wildman–Crippen MR) is 105 cm³/mol. The van der Waals surface area contributed by atoms with E-state index in [2.05, 4.69) is 10.6 Å². The number of carbonyl (C=O) groups excluding carboxylic acids is 2. The maximum Gasteiger partial charge on any atom is 0.262 e. The normalized spacial score (nSPS) is 9.81. The summed E-state index contributed by atoms with van der Waals surface area (Å²) in [6.07, 6.45) is 0. The van der Waals surface area contributed by atoms with Crippen LogP contribution in [0.15, 0.2) is 42.5 Å². The first kappa shape index (κ1) is 21.5. The molecule has 0 aliphatic rings. The van der Waals surface area contributed by atoms with Crippen molar-refractivity contribution in [1.82, 2.24) is 5.32 Å². The Hall–Kier alpha value is -2.57. The first-order valence-corrected chi connectivity index (χ1v) is 8.08. The second-order valence-corrected chi connectivity index (χ2v) is 5.70. The number of nitrogens with two attached hydrogens (primary N) is 1. The average Bonchev–Trinajstić information content (AvgIpc) is 2.61. The van der Waals surface area contributed by atoms with Crippen LogP contribution in [-0.2, 0) is 4.79 Å². The van der Waals surface area contributed by atoms with Crippen molar-refractivity contribution in [3.63, 3.8) is 0 Å². The van der Waals surface area contributed by atoms with Gasteiger partial charge in [-0.3, -0.25) is 9.59 Å². The summed E-state index contributed by atoms with van der Waals surface area (Å²) in [4.78, 5) is 24.3. The molecule has 0 heterocycles. The lowest BCUT2D eigenvalue weighted by molar-refractivity contribution is -0.118. The van der Waals surface area contributed by atoms with E-state index in [0.717, 1.165) is 11.1 Å². The molecule has 6 nitrogen and oxygen atoms in total. The molecule has 7 heteroatoms. The number of rotatable bonds is 7. The van der Waals surface area contributed by atoms with E-state index < -0.39 is 0 Å². The van der Waals surface area contributed by atoms with Gasteiger partial charge in [0.05, 0.1) is 11.3 Å². The van der Waals surface area contributed by atoms with Crippen molar-refractivity contribution in [2.75, 3.05) is 25.0 Å². The molecule has 4 N–H and O–H groups in total. The molecule has 0 aliphatic heterocycles. The van der Waals surface area contributed by atoms with Gasteiger partial charge in [-0.1, -0.05) is 24.3 Å². The Morgan fingerprint density at radius 2 is 1.85 bits per heavy atom. The summed E-state index contributed by atoms with van der Waals surface area (Å²) in [6, 6.07) is 12.6. The maximum absolute atomic E-state index is 12.2. The number of benzene rings is 2. The lowest BCUT2D eigenvalue weighted by Crippen LogP contribution is -2.30. The number of hydrogen-bond donors (Lipinski definition) is 3. The number of para-hydroxylation sites is 1. The summed E-state index contributed by atoms with van der Waals surface area (Å²) < 4.78 is 5.59. The molecule has 2 aromatic rings. The Bertz CT molecular complexity index is 765. The zero-order chi connectivity index (χ0) is 18.2. The Morgan fingerprint density at radius 1 is 1.12 bits per heavy atom. The quantitative estimate of drug-likeness (QED) is 0.690. The third-order valence-corrected chi connectivity index (χ3v) is 3.58. The van der Waals surface area contributed by atoms with E-state index in [1.54, 1.807) is 24.3 Å². The minimum atomic E-state index is -0.333. The molecule has 0 radical (unpaired) electrons. The zero-order valence-electron chi connectivity index (χ0n) is 14.9. The molecule has 0 aliphatic carbocycles. The van der Waals surface area contributed by atoms with E-state index in [0.29, 0.717) is 30.1 Å². The highest BCUT2D eigenvalue weighted by molar-refractivity contribution is 6.04. The topological polar surface area (TPSA) is 93.4 Å². The van der Waals surface area contributed by atoms with Crippen LogP contribution in [0.2, 0.25) is 0 Å². The lowest BCUT2D eigenvalue weighted by Gasteiger charge is -2.13. The van der Waals surface area contributed by atoms with E-state index in [-0.39, 0.29) is 30.8 Å². The number of aryl methyl sites for hydroxylation is 2. The van der Waals surface area contributed by atoms with Crippen LogP contribution in [0.4, 0.5) is 5.69 Å². The van der Waals surface area contributed by atoms with Crippen LogP contribution in [0.5, 0.6) is 5.75 Å². The first-order valence-electron chi connectivity index (χ1n) is 8.08. The van der Waals surface area contributed by atoms with Crippen LogP contribution < -0.4 is 21.1 Å².